The summed E-state index contributed by atoms with van der Waals surface area (Å²) >= 11 is 0. The van der Waals surface area contributed by atoms with E-state index >= 15 is 0 Å². The average molecular weight is 379 g/mol. The van der Waals surface area contributed by atoms with Gasteiger partial charge in [-0.25, -0.2) is 9.97 Å². The Morgan fingerprint density at radius 2 is 1.75 bits per heavy atom. The van der Waals surface area contributed by atoms with Crippen LogP contribution in [-0.2, 0) is 4.79 Å². The number of hydrogen-bond donors (Lipinski definition) is 1. The lowest BCUT2D eigenvalue weighted by Crippen LogP contribution is -2.49. The van der Waals surface area contributed by atoms with Crippen molar-refractivity contribution in [3.05, 3.63) is 48.8 Å². The molecule has 0 aliphatic carbocycles. The van der Waals surface area contributed by atoms with Gasteiger partial charge in [0.2, 0.25) is 17.8 Å². The Labute approximate surface area is 162 Å². The first-order valence-electron chi connectivity index (χ1n) is 9.19. The molecule has 2 aromatic heterocycles. The summed E-state index contributed by atoms with van der Waals surface area (Å²) in [5, 5.41) is 15.1. The van der Waals surface area contributed by atoms with E-state index in [4.69, 9.17) is 0 Å². The van der Waals surface area contributed by atoms with Crippen molar-refractivity contribution in [3.63, 3.8) is 0 Å². The number of hydrogen-bond acceptors (Lipinski definition) is 8. The van der Waals surface area contributed by atoms with Gasteiger partial charge in [-0.2, -0.15) is 4.68 Å². The van der Waals surface area contributed by atoms with Crippen molar-refractivity contribution in [1.29, 1.82) is 0 Å². The number of amides is 1. The zero-order chi connectivity index (χ0) is 19.2. The zero-order valence-electron chi connectivity index (χ0n) is 15.3. The first-order valence-corrected chi connectivity index (χ1v) is 9.19. The van der Waals surface area contributed by atoms with Gasteiger partial charge in [0.1, 0.15) is 0 Å². The van der Waals surface area contributed by atoms with Crippen LogP contribution in [-0.4, -0.2) is 73.7 Å². The molecule has 0 atom stereocenters. The molecule has 1 aliphatic rings. The maximum Gasteiger partial charge on any atom is 0.250 e. The van der Waals surface area contributed by atoms with Crippen molar-refractivity contribution in [3.8, 4) is 5.69 Å². The van der Waals surface area contributed by atoms with Gasteiger partial charge in [0.15, 0.2) is 0 Å². The first-order chi connectivity index (χ1) is 13.8. The van der Waals surface area contributed by atoms with Gasteiger partial charge < -0.3 is 15.1 Å². The molecule has 1 aromatic carbocycles. The number of para-hydroxylation sites is 1. The molecule has 3 aromatic rings. The molecule has 0 saturated carbocycles. The third-order valence-electron chi connectivity index (χ3n) is 4.56. The summed E-state index contributed by atoms with van der Waals surface area (Å²) in [6, 6.07) is 11.5. The monoisotopic (exact) mass is 379 g/mol. The highest BCUT2D eigenvalue weighted by Crippen LogP contribution is 2.17. The van der Waals surface area contributed by atoms with Crippen LogP contribution in [0.4, 0.5) is 11.9 Å². The molecule has 1 fully saturated rings. The van der Waals surface area contributed by atoms with Crippen molar-refractivity contribution in [2.45, 2.75) is 6.42 Å². The van der Waals surface area contributed by atoms with Gasteiger partial charge >= 0.3 is 0 Å². The number of benzene rings is 1. The van der Waals surface area contributed by atoms with E-state index in [1.807, 2.05) is 35.2 Å². The predicted octanol–water partition coefficient (Wildman–Crippen LogP) is 0.603. The van der Waals surface area contributed by atoms with Crippen LogP contribution >= 0.6 is 0 Å². The molecule has 1 N–H and O–H groups in total. The maximum absolute atomic E-state index is 12.5. The summed E-state index contributed by atoms with van der Waals surface area (Å²) in [7, 11) is 0. The summed E-state index contributed by atoms with van der Waals surface area (Å²) in [5.41, 5.74) is 0.912. The summed E-state index contributed by atoms with van der Waals surface area (Å²) in [6.45, 7) is 3.17. The van der Waals surface area contributed by atoms with Gasteiger partial charge in [-0.05, 0) is 28.6 Å². The molecule has 10 nitrogen and oxygen atoms in total. The number of carbonyl (C=O) groups excluding carboxylic acids is 1. The Bertz CT molecular complexity index is 892. The summed E-state index contributed by atoms with van der Waals surface area (Å²) < 4.78 is 1.72. The van der Waals surface area contributed by atoms with Crippen LogP contribution < -0.4 is 10.2 Å². The van der Waals surface area contributed by atoms with E-state index in [9.17, 15) is 4.79 Å². The third-order valence-corrected chi connectivity index (χ3v) is 4.56. The van der Waals surface area contributed by atoms with E-state index in [0.29, 0.717) is 51.0 Å². The summed E-state index contributed by atoms with van der Waals surface area (Å²) in [5.74, 6) is 1.35. The first kappa shape index (κ1) is 17.8. The van der Waals surface area contributed by atoms with Crippen molar-refractivity contribution >= 4 is 17.8 Å². The normalized spacial score (nSPS) is 14.1. The Balaban J connectivity index is 1.29. The van der Waals surface area contributed by atoms with Crippen molar-refractivity contribution in [1.82, 2.24) is 35.1 Å². The molecule has 0 bridgehead atoms. The summed E-state index contributed by atoms with van der Waals surface area (Å²) in [6.07, 6.45) is 3.73. The van der Waals surface area contributed by atoms with Crippen molar-refractivity contribution in [2.24, 2.45) is 0 Å². The molecular formula is C18H21N9O. The number of anilines is 2. The lowest BCUT2D eigenvalue weighted by molar-refractivity contribution is -0.131. The van der Waals surface area contributed by atoms with Gasteiger partial charge in [-0.1, -0.05) is 23.3 Å². The minimum Gasteiger partial charge on any atom is -0.354 e. The standard InChI is InChI=1S/C18H21N9O/c28-16(7-10-21-17-19-8-4-9-20-17)25-11-13-26(14-12-25)18-22-23-24-27(18)15-5-2-1-3-6-15/h1-6,8-9H,7,10-14H2,(H,19,20,21). The number of rotatable bonds is 6. The fourth-order valence-corrected chi connectivity index (χ4v) is 3.10. The largest absolute Gasteiger partial charge is 0.354 e. The minimum atomic E-state index is 0.116. The summed E-state index contributed by atoms with van der Waals surface area (Å²) in [4.78, 5) is 24.6. The molecule has 28 heavy (non-hydrogen) atoms. The van der Waals surface area contributed by atoms with E-state index in [0.717, 1.165) is 5.69 Å². The topological polar surface area (TPSA) is 105 Å². The van der Waals surface area contributed by atoms with Crippen LogP contribution in [0.3, 0.4) is 0 Å². The third kappa shape index (κ3) is 4.05. The lowest BCUT2D eigenvalue weighted by Gasteiger charge is -2.34. The van der Waals surface area contributed by atoms with E-state index in [1.54, 1.807) is 23.1 Å². The van der Waals surface area contributed by atoms with Gasteiger partial charge in [0.25, 0.3) is 0 Å². The quantitative estimate of drug-likeness (QED) is 0.664. The van der Waals surface area contributed by atoms with Crippen LogP contribution in [0, 0.1) is 0 Å². The molecule has 1 amide bonds. The number of nitrogens with one attached hydrogen (secondary N) is 1. The number of aromatic nitrogens is 6. The van der Waals surface area contributed by atoms with Crippen LogP contribution in [0.5, 0.6) is 0 Å². The molecule has 0 radical (unpaired) electrons. The Morgan fingerprint density at radius 1 is 1.00 bits per heavy atom. The Morgan fingerprint density at radius 3 is 2.50 bits per heavy atom. The Kier molecular flexibility index (Phi) is 5.36. The minimum absolute atomic E-state index is 0.116. The van der Waals surface area contributed by atoms with Gasteiger partial charge in [0.05, 0.1) is 5.69 Å². The fraction of sp³-hybridized carbons (Fsp3) is 0.333. The highest BCUT2D eigenvalue weighted by Gasteiger charge is 2.24. The number of carbonyl (C=O) groups is 1. The number of piperazine rings is 1. The SMILES string of the molecule is O=C(CCNc1ncccn1)N1CCN(c2nnnn2-c2ccccc2)CC1. The number of tetrazole rings is 1. The zero-order valence-corrected chi connectivity index (χ0v) is 15.3. The van der Waals surface area contributed by atoms with E-state index in [1.165, 1.54) is 0 Å². The van der Waals surface area contributed by atoms with Gasteiger partial charge in [-0.15, -0.1) is 0 Å². The number of nitrogens with zero attached hydrogens (tertiary/aromatic N) is 8. The van der Waals surface area contributed by atoms with E-state index in [-0.39, 0.29) is 5.91 Å². The second kappa shape index (κ2) is 8.42. The highest BCUT2D eigenvalue weighted by molar-refractivity contribution is 5.77. The van der Waals surface area contributed by atoms with Crippen LogP contribution in [0.2, 0.25) is 0 Å². The predicted molar refractivity (Wildman–Crippen MR) is 103 cm³/mol. The molecular weight excluding hydrogens is 358 g/mol. The molecule has 0 spiro atoms. The molecule has 10 heteroatoms. The van der Waals surface area contributed by atoms with Crippen LogP contribution in [0.25, 0.3) is 5.69 Å². The van der Waals surface area contributed by atoms with Crippen LogP contribution in [0.1, 0.15) is 6.42 Å². The molecule has 0 unspecified atom stereocenters. The molecule has 144 valence electrons. The molecule has 3 heterocycles. The smallest absolute Gasteiger partial charge is 0.250 e. The fourth-order valence-electron chi connectivity index (χ4n) is 3.10. The lowest BCUT2D eigenvalue weighted by atomic mass is 10.3. The highest BCUT2D eigenvalue weighted by atomic mass is 16.2. The van der Waals surface area contributed by atoms with Crippen LogP contribution in [0.15, 0.2) is 48.8 Å². The van der Waals surface area contributed by atoms with Gasteiger partial charge in [0, 0.05) is 51.5 Å². The second-order valence-corrected chi connectivity index (χ2v) is 6.34. The average Bonchev–Trinajstić information content (AvgIpc) is 3.25. The molecule has 4 rings (SSSR count). The van der Waals surface area contributed by atoms with Crippen molar-refractivity contribution in [2.75, 3.05) is 42.9 Å². The van der Waals surface area contributed by atoms with E-state index in [2.05, 4.69) is 35.7 Å². The molecule has 1 saturated heterocycles. The maximum atomic E-state index is 12.5. The molecule has 1 aliphatic heterocycles. The van der Waals surface area contributed by atoms with Gasteiger partial charge in [-0.3, -0.25) is 4.79 Å². The van der Waals surface area contributed by atoms with E-state index < -0.39 is 0 Å². The van der Waals surface area contributed by atoms with Crippen molar-refractivity contribution < 1.29 is 4.79 Å². The Hall–Kier alpha value is -3.56. The second-order valence-electron chi connectivity index (χ2n) is 6.34.